The number of carbonyl (C=O) groups is 1. The predicted molar refractivity (Wildman–Crippen MR) is 140 cm³/mol. The molecule has 2 N–H and O–H groups in total. The normalized spacial score (nSPS) is 18.1. The van der Waals surface area contributed by atoms with Gasteiger partial charge in [-0.2, -0.15) is 10.3 Å². The molecule has 1 aliphatic carbocycles. The third-order valence-electron chi connectivity index (χ3n) is 7.16. The van der Waals surface area contributed by atoms with E-state index in [0.717, 1.165) is 59.6 Å². The Morgan fingerprint density at radius 1 is 1.03 bits per heavy atom. The van der Waals surface area contributed by atoms with Crippen molar-refractivity contribution in [3.05, 3.63) is 65.7 Å². The van der Waals surface area contributed by atoms with Crippen LogP contribution in [0, 0.1) is 5.92 Å². The van der Waals surface area contributed by atoms with Gasteiger partial charge in [0.05, 0.1) is 6.54 Å². The van der Waals surface area contributed by atoms with Gasteiger partial charge in [-0.15, -0.1) is 10.2 Å². The van der Waals surface area contributed by atoms with E-state index < -0.39 is 5.97 Å². The highest BCUT2D eigenvalue weighted by molar-refractivity contribution is 5.80. The molecule has 1 fully saturated rings. The minimum atomic E-state index is -0.704. The molecule has 0 atom stereocenters. The van der Waals surface area contributed by atoms with E-state index in [-0.39, 0.29) is 17.8 Å². The van der Waals surface area contributed by atoms with Crippen LogP contribution in [0.2, 0.25) is 0 Å². The van der Waals surface area contributed by atoms with Gasteiger partial charge in [-0.3, -0.25) is 4.79 Å². The third kappa shape index (κ3) is 5.60. The van der Waals surface area contributed by atoms with Crippen LogP contribution < -0.4 is 0 Å². The van der Waals surface area contributed by atoms with E-state index in [1.165, 1.54) is 0 Å². The van der Waals surface area contributed by atoms with Crippen molar-refractivity contribution in [2.75, 3.05) is 0 Å². The molecule has 0 radical (unpaired) electrons. The molecule has 0 unspecified atom stereocenters. The molecule has 5 rings (SSSR count). The Kier molecular flexibility index (Phi) is 6.86. The molecule has 9 heteroatoms. The Morgan fingerprint density at radius 3 is 2.35 bits per heavy atom. The monoisotopic (exact) mass is 499 g/mol. The van der Waals surface area contributed by atoms with Crippen LogP contribution in [-0.4, -0.2) is 46.5 Å². The van der Waals surface area contributed by atoms with Crippen LogP contribution in [0.25, 0.3) is 22.5 Å². The van der Waals surface area contributed by atoms with Gasteiger partial charge in [0, 0.05) is 23.3 Å². The minimum Gasteiger partial charge on any atom is -0.481 e. The number of nitrogens with zero attached hydrogens (tertiary/aromatic N) is 6. The van der Waals surface area contributed by atoms with Crippen LogP contribution in [0.4, 0.5) is 0 Å². The molecule has 0 saturated heterocycles. The molecular weight excluding hydrogens is 466 g/mol. The molecular formula is C28H33N7O2. The summed E-state index contributed by atoms with van der Waals surface area (Å²) in [6.07, 6.45) is 4.00. The summed E-state index contributed by atoms with van der Waals surface area (Å²) in [7, 11) is 0. The van der Waals surface area contributed by atoms with Gasteiger partial charge in [-0.05, 0) is 53.5 Å². The number of carboxylic acid groups (broad SMARTS) is 1. The highest BCUT2D eigenvalue weighted by atomic mass is 16.4. The number of tetrazole rings is 1. The van der Waals surface area contributed by atoms with Crippen LogP contribution in [0.1, 0.15) is 76.0 Å². The number of aromatic nitrogens is 7. The van der Waals surface area contributed by atoms with Crippen LogP contribution in [0.3, 0.4) is 0 Å². The highest BCUT2D eigenvalue weighted by Crippen LogP contribution is 2.37. The van der Waals surface area contributed by atoms with Crippen LogP contribution in [0.15, 0.2) is 48.5 Å². The summed E-state index contributed by atoms with van der Waals surface area (Å²) >= 11 is 0. The summed E-state index contributed by atoms with van der Waals surface area (Å²) in [5.41, 5.74) is 4.05. The number of benzene rings is 2. The van der Waals surface area contributed by atoms with Crippen molar-refractivity contribution in [3.8, 4) is 22.5 Å². The van der Waals surface area contributed by atoms with E-state index >= 15 is 0 Å². The number of nitrogens with one attached hydrogen (secondary N) is 1. The first-order valence-electron chi connectivity index (χ1n) is 12.9. The Hall–Kier alpha value is -3.88. The average Bonchev–Trinajstić information content (AvgIpc) is 3.55. The molecule has 2 aromatic carbocycles. The van der Waals surface area contributed by atoms with Gasteiger partial charge < -0.3 is 5.11 Å². The smallest absolute Gasteiger partial charge is 0.303 e. The van der Waals surface area contributed by atoms with E-state index in [1.807, 2.05) is 18.2 Å². The van der Waals surface area contributed by atoms with Gasteiger partial charge in [0.25, 0.3) is 0 Å². The van der Waals surface area contributed by atoms with E-state index in [9.17, 15) is 4.79 Å². The predicted octanol–water partition coefficient (Wildman–Crippen LogP) is 5.22. The summed E-state index contributed by atoms with van der Waals surface area (Å²) < 4.78 is 2.06. The number of carboxylic acids is 1. The lowest BCUT2D eigenvalue weighted by Crippen LogP contribution is -2.19. The highest BCUT2D eigenvalue weighted by Gasteiger charge is 2.30. The number of hydrogen-bond acceptors (Lipinski definition) is 6. The van der Waals surface area contributed by atoms with Crippen molar-refractivity contribution < 1.29 is 9.90 Å². The summed E-state index contributed by atoms with van der Waals surface area (Å²) in [6, 6.07) is 16.5. The topological polar surface area (TPSA) is 122 Å². The number of H-pyrrole nitrogens is 1. The van der Waals surface area contributed by atoms with Gasteiger partial charge in [-0.1, -0.05) is 69.3 Å². The Labute approximate surface area is 216 Å². The van der Waals surface area contributed by atoms with Crippen LogP contribution in [-0.2, 0) is 16.8 Å². The average molecular weight is 500 g/mol. The molecule has 192 valence electrons. The van der Waals surface area contributed by atoms with Crippen molar-refractivity contribution in [2.24, 2.45) is 5.92 Å². The molecule has 1 aliphatic rings. The lowest BCUT2D eigenvalue weighted by molar-refractivity contribution is -0.138. The van der Waals surface area contributed by atoms with Gasteiger partial charge in [0.15, 0.2) is 5.82 Å². The second-order valence-corrected chi connectivity index (χ2v) is 11.0. The molecule has 2 aromatic heterocycles. The van der Waals surface area contributed by atoms with E-state index in [1.54, 1.807) is 0 Å². The number of aromatic amines is 1. The maximum Gasteiger partial charge on any atom is 0.303 e. The number of rotatable bonds is 7. The van der Waals surface area contributed by atoms with Crippen LogP contribution in [0.5, 0.6) is 0 Å². The second kappa shape index (κ2) is 10.2. The lowest BCUT2D eigenvalue weighted by Gasteiger charge is -2.27. The van der Waals surface area contributed by atoms with Gasteiger partial charge in [0.2, 0.25) is 5.82 Å². The zero-order valence-electron chi connectivity index (χ0n) is 21.6. The fourth-order valence-electron chi connectivity index (χ4n) is 5.13. The standard InChI is InChI=1S/C28H33N7O2/c1-28(2,3)27-29-26(21-14-8-18(9-15-21)16-24(36)37)35(32-27)17-19-10-12-20(13-11-19)22-6-4-5-7-23(22)25-30-33-34-31-25/h4-7,10-13,18,21H,8-9,14-17H2,1-3H3,(H,36,37)(H,30,31,33,34). The Bertz CT molecular complexity index is 1350. The molecule has 2 heterocycles. The van der Waals surface area contributed by atoms with Crippen molar-refractivity contribution in [1.29, 1.82) is 0 Å². The maximum absolute atomic E-state index is 11.1. The Balaban J connectivity index is 1.38. The summed E-state index contributed by atoms with van der Waals surface area (Å²) in [5.74, 6) is 2.29. The van der Waals surface area contributed by atoms with E-state index in [4.69, 9.17) is 15.2 Å². The number of hydrogen-bond donors (Lipinski definition) is 2. The van der Waals surface area contributed by atoms with Gasteiger partial charge in [-0.25, -0.2) is 9.67 Å². The van der Waals surface area contributed by atoms with Gasteiger partial charge in [0.1, 0.15) is 5.82 Å². The molecule has 0 spiro atoms. The molecule has 4 aromatic rings. The Morgan fingerprint density at radius 2 is 1.73 bits per heavy atom. The molecule has 0 aliphatic heterocycles. The first-order chi connectivity index (χ1) is 17.8. The fraction of sp³-hybridized carbons (Fsp3) is 0.429. The second-order valence-electron chi connectivity index (χ2n) is 11.0. The van der Waals surface area contributed by atoms with E-state index in [2.05, 4.69) is 76.4 Å². The first-order valence-corrected chi connectivity index (χ1v) is 12.9. The van der Waals surface area contributed by atoms with Crippen molar-refractivity contribution >= 4 is 5.97 Å². The first kappa shape index (κ1) is 24.8. The van der Waals surface area contributed by atoms with Crippen molar-refractivity contribution in [3.63, 3.8) is 0 Å². The molecule has 0 bridgehead atoms. The summed E-state index contributed by atoms with van der Waals surface area (Å²) in [5, 5.41) is 28.6. The quantitative estimate of drug-likeness (QED) is 0.357. The largest absolute Gasteiger partial charge is 0.481 e. The zero-order chi connectivity index (χ0) is 26.0. The van der Waals surface area contributed by atoms with E-state index in [0.29, 0.717) is 18.3 Å². The molecule has 1 saturated carbocycles. The molecule has 0 amide bonds. The third-order valence-corrected chi connectivity index (χ3v) is 7.16. The van der Waals surface area contributed by atoms with Crippen molar-refractivity contribution in [2.45, 2.75) is 70.8 Å². The lowest BCUT2D eigenvalue weighted by atomic mass is 9.80. The zero-order valence-corrected chi connectivity index (χ0v) is 21.6. The summed E-state index contributed by atoms with van der Waals surface area (Å²) in [6.45, 7) is 7.04. The maximum atomic E-state index is 11.1. The number of aliphatic carboxylic acids is 1. The van der Waals surface area contributed by atoms with Gasteiger partial charge >= 0.3 is 5.97 Å². The fourth-order valence-corrected chi connectivity index (χ4v) is 5.13. The van der Waals surface area contributed by atoms with Crippen LogP contribution >= 0.6 is 0 Å². The summed E-state index contributed by atoms with van der Waals surface area (Å²) in [4.78, 5) is 16.2. The molecule has 9 nitrogen and oxygen atoms in total. The SMILES string of the molecule is CC(C)(C)c1nc(C2CCC(CC(=O)O)CC2)n(Cc2ccc(-c3ccccc3-c3nn[nH]n3)cc2)n1. The molecule has 37 heavy (non-hydrogen) atoms. The minimum absolute atomic E-state index is 0.150. The van der Waals surface area contributed by atoms with Crippen molar-refractivity contribution in [1.82, 2.24) is 35.4 Å².